The van der Waals surface area contributed by atoms with E-state index < -0.39 is 6.10 Å². The minimum atomic E-state index is -0.604. The van der Waals surface area contributed by atoms with Gasteiger partial charge in [-0.15, -0.1) is 0 Å². The number of aliphatic hydroxyl groups is 1. The van der Waals surface area contributed by atoms with Gasteiger partial charge in [0.15, 0.2) is 0 Å². The van der Waals surface area contributed by atoms with Crippen molar-refractivity contribution in [3.8, 4) is 0 Å². The zero-order chi connectivity index (χ0) is 13.1. The van der Waals surface area contributed by atoms with Crippen LogP contribution >= 0.6 is 0 Å². The number of hydrogen-bond acceptors (Lipinski definition) is 5. The SMILES string of the molecule is OC(Cc1nc(N2CCCC2)no1)c1ccccc1. The maximum absolute atomic E-state index is 10.1. The highest BCUT2D eigenvalue weighted by Gasteiger charge is 2.19. The van der Waals surface area contributed by atoms with E-state index in [0.29, 0.717) is 18.3 Å². The Bertz CT molecular complexity index is 520. The molecule has 1 saturated heterocycles. The summed E-state index contributed by atoms with van der Waals surface area (Å²) >= 11 is 0. The molecule has 1 aromatic carbocycles. The Morgan fingerprint density at radius 2 is 1.95 bits per heavy atom. The summed E-state index contributed by atoms with van der Waals surface area (Å²) in [5, 5.41) is 14.1. The van der Waals surface area contributed by atoms with Crippen LogP contribution in [-0.2, 0) is 6.42 Å². The van der Waals surface area contributed by atoms with Gasteiger partial charge in [-0.2, -0.15) is 4.98 Å². The summed E-state index contributed by atoms with van der Waals surface area (Å²) in [6.45, 7) is 1.97. The molecule has 19 heavy (non-hydrogen) atoms. The van der Waals surface area contributed by atoms with Crippen LogP contribution in [0.25, 0.3) is 0 Å². The lowest BCUT2D eigenvalue weighted by Crippen LogP contribution is -2.18. The van der Waals surface area contributed by atoms with Crippen molar-refractivity contribution in [2.45, 2.75) is 25.4 Å². The largest absolute Gasteiger partial charge is 0.388 e. The van der Waals surface area contributed by atoms with E-state index in [1.165, 1.54) is 12.8 Å². The average Bonchev–Trinajstić information content (AvgIpc) is 3.10. The molecule has 1 aliphatic heterocycles. The predicted molar refractivity (Wildman–Crippen MR) is 70.9 cm³/mol. The first-order chi connectivity index (χ1) is 9.33. The van der Waals surface area contributed by atoms with E-state index in [0.717, 1.165) is 18.7 Å². The van der Waals surface area contributed by atoms with Gasteiger partial charge >= 0.3 is 0 Å². The molecule has 1 fully saturated rings. The fourth-order valence-corrected chi connectivity index (χ4v) is 2.33. The zero-order valence-corrected chi connectivity index (χ0v) is 10.7. The maximum Gasteiger partial charge on any atom is 0.266 e. The number of benzene rings is 1. The predicted octanol–water partition coefficient (Wildman–Crippen LogP) is 1.95. The van der Waals surface area contributed by atoms with Gasteiger partial charge in [-0.25, -0.2) is 0 Å². The first-order valence-corrected chi connectivity index (χ1v) is 6.63. The average molecular weight is 259 g/mol. The highest BCUT2D eigenvalue weighted by atomic mass is 16.5. The van der Waals surface area contributed by atoms with Crippen molar-refractivity contribution in [1.82, 2.24) is 10.1 Å². The van der Waals surface area contributed by atoms with Crippen LogP contribution in [0.2, 0.25) is 0 Å². The Balaban J connectivity index is 1.66. The summed E-state index contributed by atoms with van der Waals surface area (Å²) in [6.07, 6.45) is 2.10. The summed E-state index contributed by atoms with van der Waals surface area (Å²) in [4.78, 5) is 6.46. The van der Waals surface area contributed by atoms with Gasteiger partial charge in [0.05, 0.1) is 12.5 Å². The summed E-state index contributed by atoms with van der Waals surface area (Å²) in [7, 11) is 0. The summed E-state index contributed by atoms with van der Waals surface area (Å²) in [5.41, 5.74) is 0.864. The van der Waals surface area contributed by atoms with Gasteiger partial charge in [-0.3, -0.25) is 0 Å². The number of hydrogen-bond donors (Lipinski definition) is 1. The molecule has 5 heteroatoms. The molecule has 2 aromatic rings. The second-order valence-corrected chi connectivity index (χ2v) is 4.81. The monoisotopic (exact) mass is 259 g/mol. The molecule has 0 amide bonds. The molecule has 0 aliphatic carbocycles. The molecule has 1 unspecified atom stereocenters. The van der Waals surface area contributed by atoms with Crippen LogP contribution in [0, 0.1) is 0 Å². The Kier molecular flexibility index (Phi) is 3.46. The van der Waals surface area contributed by atoms with Crippen LogP contribution in [0.3, 0.4) is 0 Å². The van der Waals surface area contributed by atoms with Gasteiger partial charge in [0, 0.05) is 13.1 Å². The van der Waals surface area contributed by atoms with Gasteiger partial charge in [-0.05, 0) is 23.6 Å². The molecule has 0 saturated carbocycles. The first-order valence-electron chi connectivity index (χ1n) is 6.63. The second-order valence-electron chi connectivity index (χ2n) is 4.81. The normalized spacial score (nSPS) is 16.8. The molecule has 2 heterocycles. The van der Waals surface area contributed by atoms with Crippen LogP contribution in [0.4, 0.5) is 5.95 Å². The van der Waals surface area contributed by atoms with Gasteiger partial charge < -0.3 is 14.5 Å². The summed E-state index contributed by atoms with van der Waals surface area (Å²) < 4.78 is 5.21. The van der Waals surface area contributed by atoms with Crippen LogP contribution < -0.4 is 4.90 Å². The van der Waals surface area contributed by atoms with Crippen molar-refractivity contribution < 1.29 is 9.63 Å². The summed E-state index contributed by atoms with van der Waals surface area (Å²) in [5.74, 6) is 1.13. The number of aliphatic hydroxyl groups excluding tert-OH is 1. The third-order valence-corrected chi connectivity index (χ3v) is 3.40. The standard InChI is InChI=1S/C14H17N3O2/c18-12(11-6-2-1-3-7-11)10-13-15-14(16-19-13)17-8-4-5-9-17/h1-3,6-7,12,18H,4-5,8-10H2. The molecule has 1 aromatic heterocycles. The lowest BCUT2D eigenvalue weighted by molar-refractivity contribution is 0.165. The van der Waals surface area contributed by atoms with Crippen molar-refractivity contribution in [2.75, 3.05) is 18.0 Å². The van der Waals surface area contributed by atoms with E-state index in [9.17, 15) is 5.11 Å². The van der Waals surface area contributed by atoms with Crippen LogP contribution in [0.5, 0.6) is 0 Å². The van der Waals surface area contributed by atoms with Crippen molar-refractivity contribution in [3.05, 3.63) is 41.8 Å². The van der Waals surface area contributed by atoms with Gasteiger partial charge in [-0.1, -0.05) is 30.3 Å². The van der Waals surface area contributed by atoms with Crippen molar-refractivity contribution >= 4 is 5.95 Å². The third kappa shape index (κ3) is 2.76. The van der Waals surface area contributed by atoms with Crippen LogP contribution in [0.1, 0.15) is 30.4 Å². The van der Waals surface area contributed by atoms with E-state index in [1.54, 1.807) is 0 Å². The maximum atomic E-state index is 10.1. The second kappa shape index (κ2) is 5.40. The van der Waals surface area contributed by atoms with Crippen molar-refractivity contribution in [3.63, 3.8) is 0 Å². The molecule has 0 spiro atoms. The minimum Gasteiger partial charge on any atom is -0.388 e. The van der Waals surface area contributed by atoms with Crippen LogP contribution in [0.15, 0.2) is 34.9 Å². The molecule has 1 N–H and O–H groups in total. The molecule has 1 atom stereocenters. The molecular formula is C14H17N3O2. The minimum absolute atomic E-state index is 0.352. The highest BCUT2D eigenvalue weighted by molar-refractivity contribution is 5.29. The Morgan fingerprint density at radius 3 is 2.68 bits per heavy atom. The fourth-order valence-electron chi connectivity index (χ4n) is 2.33. The number of aromatic nitrogens is 2. The van der Waals surface area contributed by atoms with Crippen molar-refractivity contribution in [1.29, 1.82) is 0 Å². The number of anilines is 1. The first kappa shape index (κ1) is 12.2. The molecule has 5 nitrogen and oxygen atoms in total. The van der Waals surface area contributed by atoms with E-state index in [4.69, 9.17) is 4.52 Å². The molecule has 1 aliphatic rings. The lowest BCUT2D eigenvalue weighted by Gasteiger charge is -2.10. The van der Waals surface area contributed by atoms with E-state index in [-0.39, 0.29) is 0 Å². The van der Waals surface area contributed by atoms with Gasteiger partial charge in [0.2, 0.25) is 5.89 Å². The lowest BCUT2D eigenvalue weighted by atomic mass is 10.1. The highest BCUT2D eigenvalue weighted by Crippen LogP contribution is 2.20. The Hall–Kier alpha value is -1.88. The Labute approximate surface area is 111 Å². The van der Waals surface area contributed by atoms with E-state index >= 15 is 0 Å². The third-order valence-electron chi connectivity index (χ3n) is 3.40. The smallest absolute Gasteiger partial charge is 0.266 e. The van der Waals surface area contributed by atoms with Crippen molar-refractivity contribution in [2.24, 2.45) is 0 Å². The topological polar surface area (TPSA) is 62.4 Å². The van der Waals surface area contributed by atoms with E-state index in [2.05, 4.69) is 15.0 Å². The summed E-state index contributed by atoms with van der Waals surface area (Å²) in [6, 6.07) is 9.52. The van der Waals surface area contributed by atoms with Gasteiger partial charge in [0.25, 0.3) is 5.95 Å². The number of rotatable bonds is 4. The zero-order valence-electron chi connectivity index (χ0n) is 10.7. The van der Waals surface area contributed by atoms with Gasteiger partial charge in [0.1, 0.15) is 0 Å². The molecule has 100 valence electrons. The molecule has 0 radical (unpaired) electrons. The van der Waals surface area contributed by atoms with Crippen LogP contribution in [-0.4, -0.2) is 28.3 Å². The van der Waals surface area contributed by atoms with E-state index in [1.807, 2.05) is 30.3 Å². The molecule has 3 rings (SSSR count). The molecule has 0 bridgehead atoms. The quantitative estimate of drug-likeness (QED) is 0.909. The number of nitrogens with zero attached hydrogens (tertiary/aromatic N) is 3. The molecular weight excluding hydrogens is 242 g/mol. The Morgan fingerprint density at radius 1 is 1.21 bits per heavy atom. The fraction of sp³-hybridized carbons (Fsp3) is 0.429.